The maximum Gasteiger partial charge on any atom is 0.236 e. The van der Waals surface area contributed by atoms with Crippen LogP contribution in [0.2, 0.25) is 0 Å². The molecule has 0 N–H and O–H groups in total. The quantitative estimate of drug-likeness (QED) is 0.826. The van der Waals surface area contributed by atoms with Crippen molar-refractivity contribution in [1.29, 1.82) is 0 Å². The van der Waals surface area contributed by atoms with E-state index in [1.165, 1.54) is 0 Å². The number of rotatable bonds is 4. The van der Waals surface area contributed by atoms with Crippen LogP contribution >= 0.6 is 0 Å². The van der Waals surface area contributed by atoms with Crippen molar-refractivity contribution in [3.8, 4) is 0 Å². The van der Waals surface area contributed by atoms with Crippen LogP contribution in [-0.4, -0.2) is 71.8 Å². The van der Waals surface area contributed by atoms with Crippen LogP contribution in [0, 0.1) is 5.41 Å². The van der Waals surface area contributed by atoms with Gasteiger partial charge in [0.05, 0.1) is 17.7 Å². The summed E-state index contributed by atoms with van der Waals surface area (Å²) in [5.41, 5.74) is 0.622. The van der Waals surface area contributed by atoms with Gasteiger partial charge in [0.25, 0.3) is 0 Å². The number of aromatic nitrogens is 1. The molecule has 130 valence electrons. The van der Waals surface area contributed by atoms with Gasteiger partial charge in [-0.25, -0.2) is 0 Å². The summed E-state index contributed by atoms with van der Waals surface area (Å²) in [5, 5.41) is 0. The van der Waals surface area contributed by atoms with E-state index in [-0.39, 0.29) is 17.2 Å². The first-order valence-electron chi connectivity index (χ1n) is 8.62. The van der Waals surface area contributed by atoms with E-state index in [4.69, 9.17) is 0 Å². The van der Waals surface area contributed by atoms with Crippen LogP contribution in [0.4, 0.5) is 0 Å². The fourth-order valence-electron chi connectivity index (χ4n) is 3.89. The van der Waals surface area contributed by atoms with Gasteiger partial charge in [0.2, 0.25) is 11.8 Å². The number of carbonyl (C=O) groups excluding carboxylic acids is 2. The largest absolute Gasteiger partial charge is 0.345 e. The summed E-state index contributed by atoms with van der Waals surface area (Å²) in [5.74, 6) is 0.317. The molecule has 0 saturated carbocycles. The van der Waals surface area contributed by atoms with Crippen molar-refractivity contribution in [2.24, 2.45) is 5.41 Å². The topological polar surface area (TPSA) is 56.8 Å². The molecule has 1 aromatic heterocycles. The second-order valence-electron chi connectivity index (χ2n) is 7.17. The molecule has 24 heavy (non-hydrogen) atoms. The molecule has 2 saturated heterocycles. The average molecular weight is 330 g/mol. The Morgan fingerprint density at radius 3 is 2.92 bits per heavy atom. The Morgan fingerprint density at radius 1 is 1.33 bits per heavy atom. The lowest BCUT2D eigenvalue weighted by molar-refractivity contribution is -0.144. The normalized spacial score (nSPS) is 24.2. The molecule has 2 fully saturated rings. The van der Waals surface area contributed by atoms with E-state index in [1.54, 1.807) is 6.20 Å². The molecular formula is C18H26N4O2. The Hall–Kier alpha value is -1.95. The zero-order chi connectivity index (χ0) is 17.2. The highest BCUT2D eigenvalue weighted by Gasteiger charge is 2.48. The Labute approximate surface area is 143 Å². The van der Waals surface area contributed by atoms with Gasteiger partial charge >= 0.3 is 0 Å². The lowest BCUT2D eigenvalue weighted by atomic mass is 9.78. The SMILES string of the molecule is CN(CC(=O)N1CCC2(CCCN(C)C2=O)C1)Cc1ccccn1. The van der Waals surface area contributed by atoms with E-state index in [0.717, 1.165) is 31.5 Å². The highest BCUT2D eigenvalue weighted by molar-refractivity contribution is 5.86. The summed E-state index contributed by atoms with van der Waals surface area (Å²) in [6, 6.07) is 5.80. The number of likely N-dealkylation sites (N-methyl/N-ethyl adjacent to an activating group) is 1. The van der Waals surface area contributed by atoms with E-state index in [0.29, 0.717) is 26.2 Å². The minimum atomic E-state index is -0.331. The summed E-state index contributed by atoms with van der Waals surface area (Å²) < 4.78 is 0. The first-order valence-corrected chi connectivity index (χ1v) is 8.62. The van der Waals surface area contributed by atoms with Crippen molar-refractivity contribution in [3.63, 3.8) is 0 Å². The van der Waals surface area contributed by atoms with Crippen LogP contribution in [0.1, 0.15) is 25.0 Å². The van der Waals surface area contributed by atoms with Crippen LogP contribution in [0.3, 0.4) is 0 Å². The molecule has 1 unspecified atom stereocenters. The van der Waals surface area contributed by atoms with Gasteiger partial charge in [-0.15, -0.1) is 0 Å². The fourth-order valence-corrected chi connectivity index (χ4v) is 3.89. The van der Waals surface area contributed by atoms with E-state index < -0.39 is 0 Å². The Balaban J connectivity index is 1.55. The predicted octanol–water partition coefficient (Wildman–Crippen LogP) is 0.984. The smallest absolute Gasteiger partial charge is 0.236 e. The van der Waals surface area contributed by atoms with Crippen molar-refractivity contribution >= 4 is 11.8 Å². The van der Waals surface area contributed by atoms with Crippen molar-refractivity contribution < 1.29 is 9.59 Å². The van der Waals surface area contributed by atoms with Gasteiger partial charge in [0.1, 0.15) is 0 Å². The second kappa shape index (κ2) is 6.89. The molecule has 3 heterocycles. The van der Waals surface area contributed by atoms with Gasteiger partial charge in [-0.2, -0.15) is 0 Å². The summed E-state index contributed by atoms with van der Waals surface area (Å²) >= 11 is 0. The maximum atomic E-state index is 12.6. The highest BCUT2D eigenvalue weighted by Crippen LogP contribution is 2.39. The molecule has 0 bridgehead atoms. The Kier molecular flexibility index (Phi) is 4.85. The zero-order valence-corrected chi connectivity index (χ0v) is 14.6. The number of likely N-dealkylation sites (tertiary alicyclic amines) is 2. The summed E-state index contributed by atoms with van der Waals surface area (Å²) in [6.45, 7) is 3.10. The third-order valence-electron chi connectivity index (χ3n) is 5.22. The third-order valence-corrected chi connectivity index (χ3v) is 5.22. The van der Waals surface area contributed by atoms with Crippen LogP contribution in [0.15, 0.2) is 24.4 Å². The monoisotopic (exact) mass is 330 g/mol. The first-order chi connectivity index (χ1) is 11.5. The number of carbonyl (C=O) groups is 2. The van der Waals surface area contributed by atoms with Gasteiger partial charge < -0.3 is 9.80 Å². The number of amides is 2. The third kappa shape index (κ3) is 3.43. The van der Waals surface area contributed by atoms with Crippen LogP contribution in [0.25, 0.3) is 0 Å². The number of hydrogen-bond donors (Lipinski definition) is 0. The van der Waals surface area contributed by atoms with E-state index in [2.05, 4.69) is 4.98 Å². The molecule has 6 nitrogen and oxygen atoms in total. The number of nitrogens with zero attached hydrogens (tertiary/aromatic N) is 4. The van der Waals surface area contributed by atoms with Crippen molar-refractivity contribution in [2.75, 3.05) is 40.3 Å². The molecule has 3 rings (SSSR count). The molecule has 0 aromatic carbocycles. The Morgan fingerprint density at radius 2 is 2.17 bits per heavy atom. The fraction of sp³-hybridized carbons (Fsp3) is 0.611. The molecule has 2 aliphatic rings. The predicted molar refractivity (Wildman–Crippen MR) is 91.1 cm³/mol. The molecule has 0 radical (unpaired) electrons. The van der Waals surface area contributed by atoms with Crippen LogP contribution in [0.5, 0.6) is 0 Å². The number of pyridine rings is 1. The molecular weight excluding hydrogens is 304 g/mol. The minimum absolute atomic E-state index is 0.103. The van der Waals surface area contributed by atoms with Gasteiger partial charge in [-0.3, -0.25) is 19.5 Å². The standard InChI is InChI=1S/C18H26N4O2/c1-20(12-15-6-3-4-9-19-15)13-16(23)22-11-8-18(14-22)7-5-10-21(2)17(18)24/h3-4,6,9H,5,7-8,10-14H2,1-2H3. The van der Waals surface area contributed by atoms with E-state index in [1.807, 2.05) is 47.0 Å². The van der Waals surface area contributed by atoms with Gasteiger partial charge in [0.15, 0.2) is 0 Å². The second-order valence-corrected chi connectivity index (χ2v) is 7.17. The highest BCUT2D eigenvalue weighted by atomic mass is 16.2. The Bertz CT molecular complexity index is 606. The first kappa shape index (κ1) is 16.9. The van der Waals surface area contributed by atoms with Crippen LogP contribution in [-0.2, 0) is 16.1 Å². The van der Waals surface area contributed by atoms with Crippen LogP contribution < -0.4 is 0 Å². The van der Waals surface area contributed by atoms with Gasteiger partial charge in [-0.1, -0.05) is 6.07 Å². The summed E-state index contributed by atoms with van der Waals surface area (Å²) in [6.07, 6.45) is 4.50. The van der Waals surface area contributed by atoms with Gasteiger partial charge in [-0.05, 0) is 38.4 Å². The lowest BCUT2D eigenvalue weighted by Crippen LogP contribution is -2.49. The summed E-state index contributed by atoms with van der Waals surface area (Å²) in [7, 11) is 3.80. The zero-order valence-electron chi connectivity index (χ0n) is 14.6. The lowest BCUT2D eigenvalue weighted by Gasteiger charge is -2.37. The van der Waals surface area contributed by atoms with E-state index in [9.17, 15) is 9.59 Å². The van der Waals surface area contributed by atoms with Crippen molar-refractivity contribution in [2.45, 2.75) is 25.8 Å². The molecule has 1 aromatic rings. The number of hydrogen-bond acceptors (Lipinski definition) is 4. The van der Waals surface area contributed by atoms with Crippen molar-refractivity contribution in [1.82, 2.24) is 19.7 Å². The maximum absolute atomic E-state index is 12.6. The van der Waals surface area contributed by atoms with Gasteiger partial charge in [0, 0.05) is 39.4 Å². The minimum Gasteiger partial charge on any atom is -0.345 e. The summed E-state index contributed by atoms with van der Waals surface area (Å²) in [4.78, 5) is 35.1. The molecule has 1 spiro atoms. The van der Waals surface area contributed by atoms with Crippen molar-refractivity contribution in [3.05, 3.63) is 30.1 Å². The van der Waals surface area contributed by atoms with E-state index >= 15 is 0 Å². The molecule has 1 atom stereocenters. The number of piperidine rings is 1. The molecule has 0 aliphatic carbocycles. The average Bonchev–Trinajstić information content (AvgIpc) is 2.99. The molecule has 2 amide bonds. The molecule has 2 aliphatic heterocycles. The molecule has 6 heteroatoms.